The molecule has 0 bridgehead atoms. The van der Waals surface area contributed by atoms with Gasteiger partial charge in [-0.15, -0.1) is 4.40 Å². The first-order chi connectivity index (χ1) is 17.8. The van der Waals surface area contributed by atoms with Crippen molar-refractivity contribution in [2.45, 2.75) is 57.3 Å². The van der Waals surface area contributed by atoms with Crippen molar-refractivity contribution in [3.8, 4) is 11.5 Å². The fraction of sp³-hybridized carbons (Fsp3) is 0.407. The molecular weight excluding hydrogens is 576 g/mol. The van der Waals surface area contributed by atoms with E-state index in [1.807, 2.05) is 12.1 Å². The van der Waals surface area contributed by atoms with Crippen LogP contribution in [-0.4, -0.2) is 44.7 Å². The highest BCUT2D eigenvalue weighted by Gasteiger charge is 2.34. The van der Waals surface area contributed by atoms with Crippen LogP contribution in [0.15, 0.2) is 61.1 Å². The minimum atomic E-state index is -3.97. The number of thioether (sulfide) groups is 1. The number of hydrogen-bond donors (Lipinski definition) is 0. The smallest absolute Gasteiger partial charge is 0.284 e. The summed E-state index contributed by atoms with van der Waals surface area (Å²) in [5.41, 5.74) is 0.752. The summed E-state index contributed by atoms with van der Waals surface area (Å²) in [4.78, 5) is 14.9. The van der Waals surface area contributed by atoms with E-state index in [1.165, 1.54) is 42.7 Å². The molecule has 0 aliphatic carbocycles. The molecule has 1 amide bonds. The van der Waals surface area contributed by atoms with Crippen LogP contribution in [0.25, 0.3) is 6.08 Å². The number of likely N-dealkylation sites (N-methyl/N-ethyl adjacent to an activating group) is 1. The number of benzene rings is 2. The molecule has 10 heteroatoms. The van der Waals surface area contributed by atoms with Gasteiger partial charge < -0.3 is 9.47 Å². The van der Waals surface area contributed by atoms with Gasteiger partial charge in [0.1, 0.15) is 0 Å². The highest BCUT2D eigenvalue weighted by atomic mass is 79.9. The molecule has 0 radical (unpaired) electrons. The number of amides is 1. The second-order valence-electron chi connectivity index (χ2n) is 8.49. The third kappa shape index (κ3) is 8.09. The fourth-order valence-corrected chi connectivity index (χ4v) is 6.24. The summed E-state index contributed by atoms with van der Waals surface area (Å²) < 4.78 is 41.9. The number of carbonyl (C=O) groups excluding carboxylic acids is 1. The third-order valence-electron chi connectivity index (χ3n) is 5.75. The predicted molar refractivity (Wildman–Crippen MR) is 154 cm³/mol. The molecule has 0 unspecified atom stereocenters. The van der Waals surface area contributed by atoms with Gasteiger partial charge in [0.25, 0.3) is 15.9 Å². The molecule has 0 N–H and O–H groups in total. The average molecular weight is 610 g/mol. The van der Waals surface area contributed by atoms with E-state index in [0.717, 1.165) is 34.6 Å². The molecule has 0 aromatic heterocycles. The molecule has 1 fully saturated rings. The van der Waals surface area contributed by atoms with Crippen molar-refractivity contribution < 1.29 is 22.7 Å². The minimum absolute atomic E-state index is 0.0621. The van der Waals surface area contributed by atoms with Crippen molar-refractivity contribution in [2.24, 2.45) is 4.40 Å². The zero-order chi connectivity index (χ0) is 26.8. The van der Waals surface area contributed by atoms with Crippen LogP contribution in [0.4, 0.5) is 0 Å². The van der Waals surface area contributed by atoms with Crippen LogP contribution >= 0.6 is 27.7 Å². The minimum Gasteiger partial charge on any atom is -0.493 e. The van der Waals surface area contributed by atoms with Crippen molar-refractivity contribution in [1.82, 2.24) is 4.90 Å². The Bertz CT molecular complexity index is 1240. The maximum Gasteiger partial charge on any atom is 0.284 e. The maximum atomic E-state index is 13.0. The molecule has 2 aromatic carbocycles. The number of carbonyl (C=O) groups is 1. The number of rotatable bonds is 13. The molecule has 1 aliphatic rings. The first-order valence-electron chi connectivity index (χ1n) is 12.4. The van der Waals surface area contributed by atoms with Crippen molar-refractivity contribution in [1.29, 1.82) is 0 Å². The number of amidine groups is 1. The van der Waals surface area contributed by atoms with Crippen LogP contribution in [0.5, 0.6) is 11.5 Å². The van der Waals surface area contributed by atoms with Crippen LogP contribution < -0.4 is 9.47 Å². The normalized spacial score (nSPS) is 16.1. The van der Waals surface area contributed by atoms with Gasteiger partial charge in [0, 0.05) is 11.0 Å². The lowest BCUT2D eigenvalue weighted by atomic mass is 10.1. The standard InChI is InChI=1S/C27H33BrN2O5S2/c1-4-6-7-8-9-10-17-35-24-18-20(11-16-23(24)34-3)19-25-26(31)30(5-2)27(36-25)29-37(32,33)22-14-12-21(28)13-15-22/h11-16,18-19H,4-10,17H2,1-3H3. The summed E-state index contributed by atoms with van der Waals surface area (Å²) in [6, 6.07) is 11.7. The largest absolute Gasteiger partial charge is 0.493 e. The van der Waals surface area contributed by atoms with E-state index in [2.05, 4.69) is 27.3 Å². The summed E-state index contributed by atoms with van der Waals surface area (Å²) in [7, 11) is -2.38. The molecule has 2 aromatic rings. The lowest BCUT2D eigenvalue weighted by Gasteiger charge is -2.12. The Morgan fingerprint density at radius 2 is 1.70 bits per heavy atom. The third-order valence-corrected chi connectivity index (χ3v) is 8.69. The summed E-state index contributed by atoms with van der Waals surface area (Å²) in [5.74, 6) is 0.944. The van der Waals surface area contributed by atoms with Crippen molar-refractivity contribution in [3.05, 3.63) is 57.4 Å². The van der Waals surface area contributed by atoms with Gasteiger partial charge in [-0.3, -0.25) is 9.69 Å². The molecular formula is C27H33BrN2O5S2. The fourth-order valence-electron chi connectivity index (χ4n) is 3.73. The maximum absolute atomic E-state index is 13.0. The van der Waals surface area contributed by atoms with Gasteiger partial charge in [-0.05, 0) is 73.1 Å². The van der Waals surface area contributed by atoms with E-state index in [9.17, 15) is 13.2 Å². The predicted octanol–water partition coefficient (Wildman–Crippen LogP) is 6.88. The van der Waals surface area contributed by atoms with Crippen molar-refractivity contribution in [2.75, 3.05) is 20.3 Å². The topological polar surface area (TPSA) is 85.3 Å². The van der Waals surface area contributed by atoms with Gasteiger partial charge in [0.2, 0.25) is 0 Å². The van der Waals surface area contributed by atoms with E-state index in [0.29, 0.717) is 29.6 Å². The molecule has 0 saturated carbocycles. The van der Waals surface area contributed by atoms with E-state index in [-0.39, 0.29) is 16.0 Å². The lowest BCUT2D eigenvalue weighted by molar-refractivity contribution is -0.122. The van der Waals surface area contributed by atoms with Gasteiger partial charge in [-0.25, -0.2) is 0 Å². The molecule has 1 aliphatic heterocycles. The number of halogens is 1. The van der Waals surface area contributed by atoms with Gasteiger partial charge in [-0.2, -0.15) is 8.42 Å². The highest BCUT2D eigenvalue weighted by Crippen LogP contribution is 2.35. The Morgan fingerprint density at radius 1 is 1.00 bits per heavy atom. The summed E-state index contributed by atoms with van der Waals surface area (Å²) >= 11 is 4.34. The van der Waals surface area contributed by atoms with Gasteiger partial charge >= 0.3 is 0 Å². The number of hydrogen-bond acceptors (Lipinski definition) is 6. The molecule has 1 heterocycles. The van der Waals surface area contributed by atoms with Crippen LogP contribution in [0, 0.1) is 0 Å². The molecule has 1 saturated heterocycles. The molecule has 7 nitrogen and oxygen atoms in total. The van der Waals surface area contributed by atoms with E-state index < -0.39 is 10.0 Å². The number of methoxy groups -OCH3 is 1. The highest BCUT2D eigenvalue weighted by molar-refractivity contribution is 9.10. The summed E-state index contributed by atoms with van der Waals surface area (Å²) in [5, 5.41) is 0.134. The van der Waals surface area contributed by atoms with E-state index in [4.69, 9.17) is 9.47 Å². The first-order valence-corrected chi connectivity index (χ1v) is 15.5. The Kier molecular flexibility index (Phi) is 11.1. The molecule has 3 rings (SSSR count). The number of nitrogens with zero attached hydrogens (tertiary/aromatic N) is 2. The molecule has 0 spiro atoms. The van der Waals surface area contributed by atoms with Crippen LogP contribution in [-0.2, 0) is 14.8 Å². The number of ether oxygens (including phenoxy) is 2. The van der Waals surface area contributed by atoms with Crippen LogP contribution in [0.1, 0.15) is 57.9 Å². The van der Waals surface area contributed by atoms with Gasteiger partial charge in [0.05, 0.1) is 23.5 Å². The number of unbranched alkanes of at least 4 members (excludes halogenated alkanes) is 5. The SMILES string of the molecule is CCCCCCCCOc1cc(C=C2SC(=NS(=O)(=O)c3ccc(Br)cc3)N(CC)C2=O)ccc1OC. The van der Waals surface area contributed by atoms with Gasteiger partial charge in [0.15, 0.2) is 16.7 Å². The quantitative estimate of drug-likeness (QED) is 0.182. The van der Waals surface area contributed by atoms with Crippen LogP contribution in [0.3, 0.4) is 0 Å². The lowest BCUT2D eigenvalue weighted by Crippen LogP contribution is -2.29. The van der Waals surface area contributed by atoms with Crippen LogP contribution in [0.2, 0.25) is 0 Å². The Balaban J connectivity index is 1.77. The Hall–Kier alpha value is -2.30. The summed E-state index contributed by atoms with van der Waals surface area (Å²) in [6.07, 6.45) is 8.75. The second-order valence-corrected chi connectivity index (χ2v) is 12.0. The van der Waals surface area contributed by atoms with E-state index >= 15 is 0 Å². The Morgan fingerprint density at radius 3 is 2.38 bits per heavy atom. The van der Waals surface area contributed by atoms with Crippen molar-refractivity contribution in [3.63, 3.8) is 0 Å². The molecule has 200 valence electrons. The zero-order valence-corrected chi connectivity index (χ0v) is 24.6. The number of sulfonamides is 1. The Labute approximate surface area is 232 Å². The monoisotopic (exact) mass is 608 g/mol. The molecule has 37 heavy (non-hydrogen) atoms. The first kappa shape index (κ1) is 29.3. The molecule has 0 atom stereocenters. The van der Waals surface area contributed by atoms with Gasteiger partial charge in [-0.1, -0.05) is 61.0 Å². The second kappa shape index (κ2) is 14.0. The summed E-state index contributed by atoms with van der Waals surface area (Å²) in [6.45, 7) is 4.87. The van der Waals surface area contributed by atoms with E-state index in [1.54, 1.807) is 38.3 Å². The average Bonchev–Trinajstić information content (AvgIpc) is 3.16. The zero-order valence-electron chi connectivity index (χ0n) is 21.4. The van der Waals surface area contributed by atoms with Crippen molar-refractivity contribution >= 4 is 54.9 Å².